The maximum atomic E-state index is 13.1. The molecule has 0 aliphatic heterocycles. The van der Waals surface area contributed by atoms with E-state index in [0.717, 1.165) is 11.3 Å². The Morgan fingerprint density at radius 1 is 0.895 bits per heavy atom. The van der Waals surface area contributed by atoms with E-state index >= 15 is 0 Å². The monoisotopic (exact) mass is 282 g/mol. The topological polar surface area (TPSA) is 49.7 Å². The number of aliphatic hydroxyl groups excluding tert-OH is 1. The molecule has 0 fully saturated rings. The van der Waals surface area contributed by atoms with E-state index in [9.17, 15) is 8.78 Å². The number of aliphatic hydroxyl groups is 2. The van der Waals surface area contributed by atoms with Crippen LogP contribution in [0.2, 0.25) is 0 Å². The van der Waals surface area contributed by atoms with Crippen molar-refractivity contribution in [3.8, 4) is 11.1 Å². The Morgan fingerprint density at radius 3 is 2.00 bits per heavy atom. The van der Waals surface area contributed by atoms with Crippen LogP contribution in [0.5, 0.6) is 0 Å². The summed E-state index contributed by atoms with van der Waals surface area (Å²) in [6.07, 6.45) is 0. The van der Waals surface area contributed by atoms with Crippen LogP contribution in [0.25, 0.3) is 11.1 Å². The largest absolute Gasteiger partial charge is 0.373 e. The van der Waals surface area contributed by atoms with Gasteiger partial charge in [-0.3, -0.25) is 0 Å². The van der Waals surface area contributed by atoms with Crippen molar-refractivity contribution in [1.82, 2.24) is 0 Å². The summed E-state index contributed by atoms with van der Waals surface area (Å²) in [4.78, 5) is 0. The molecular weight excluding hydrogens is 270 g/mol. The molecule has 0 saturated heterocycles. The SMILES string of the molecule is OC(O)O[SiH2]c1ccc(-c2cc(F)cc(F)c2)cc1. The van der Waals surface area contributed by atoms with Crippen LogP contribution in [0.1, 0.15) is 0 Å². The standard InChI is InChI=1S/C13H12F2O3Si/c14-10-5-9(6-11(15)7-10)8-1-3-12(4-2-8)19-18-13(16)17/h1-7,13,16-17H,19H2. The third-order valence-corrected chi connectivity index (χ3v) is 3.82. The summed E-state index contributed by atoms with van der Waals surface area (Å²) in [6, 6.07) is 10.2. The Balaban J connectivity index is 2.17. The van der Waals surface area contributed by atoms with E-state index in [4.69, 9.17) is 14.6 Å². The Morgan fingerprint density at radius 2 is 1.47 bits per heavy atom. The number of hydrogen-bond donors (Lipinski definition) is 2. The molecule has 2 aromatic rings. The summed E-state index contributed by atoms with van der Waals surface area (Å²) in [5.74, 6) is -1.25. The van der Waals surface area contributed by atoms with Gasteiger partial charge in [-0.05, 0) is 28.4 Å². The van der Waals surface area contributed by atoms with Crippen molar-refractivity contribution in [3.05, 3.63) is 54.1 Å². The van der Waals surface area contributed by atoms with Crippen molar-refractivity contribution in [2.24, 2.45) is 0 Å². The smallest absolute Gasteiger partial charge is 0.256 e. The lowest BCUT2D eigenvalue weighted by Gasteiger charge is -2.07. The van der Waals surface area contributed by atoms with Gasteiger partial charge in [0.2, 0.25) is 0 Å². The first-order chi connectivity index (χ1) is 9.04. The molecule has 2 aromatic carbocycles. The summed E-state index contributed by atoms with van der Waals surface area (Å²) in [7, 11) is -1.22. The first-order valence-corrected chi connectivity index (χ1v) is 6.86. The molecule has 0 aliphatic carbocycles. The molecule has 0 radical (unpaired) electrons. The van der Waals surface area contributed by atoms with Crippen molar-refractivity contribution in [2.45, 2.75) is 6.48 Å². The average molecular weight is 282 g/mol. The Labute approximate surface area is 111 Å². The van der Waals surface area contributed by atoms with Crippen molar-refractivity contribution in [1.29, 1.82) is 0 Å². The summed E-state index contributed by atoms with van der Waals surface area (Å²) >= 11 is 0. The van der Waals surface area contributed by atoms with Gasteiger partial charge in [-0.15, -0.1) is 0 Å². The van der Waals surface area contributed by atoms with Crippen LogP contribution in [-0.2, 0) is 4.43 Å². The Kier molecular flexibility index (Phi) is 4.38. The fourth-order valence-corrected chi connectivity index (χ4v) is 2.45. The molecule has 3 nitrogen and oxygen atoms in total. The van der Waals surface area contributed by atoms with Gasteiger partial charge in [0.05, 0.1) is 0 Å². The van der Waals surface area contributed by atoms with Gasteiger partial charge in [0.1, 0.15) is 11.6 Å². The van der Waals surface area contributed by atoms with Crippen molar-refractivity contribution in [2.75, 3.05) is 0 Å². The normalized spacial score (nSPS) is 11.6. The molecule has 0 spiro atoms. The molecule has 2 rings (SSSR count). The molecule has 0 aliphatic rings. The average Bonchev–Trinajstić information content (AvgIpc) is 2.36. The molecule has 2 N–H and O–H groups in total. The number of benzene rings is 2. The molecule has 0 bridgehead atoms. The zero-order valence-electron chi connectivity index (χ0n) is 9.88. The second-order valence-corrected chi connectivity index (χ2v) is 5.43. The van der Waals surface area contributed by atoms with Gasteiger partial charge in [0, 0.05) is 6.07 Å². The molecular formula is C13H12F2O3Si. The third-order valence-electron chi connectivity index (χ3n) is 2.55. The van der Waals surface area contributed by atoms with Crippen LogP contribution < -0.4 is 5.19 Å². The molecule has 6 heteroatoms. The lowest BCUT2D eigenvalue weighted by Crippen LogP contribution is -2.23. The maximum absolute atomic E-state index is 13.1. The highest BCUT2D eigenvalue weighted by Gasteiger charge is 2.04. The number of rotatable bonds is 4. The van der Waals surface area contributed by atoms with E-state index in [1.54, 1.807) is 24.3 Å². The van der Waals surface area contributed by atoms with Crippen LogP contribution >= 0.6 is 0 Å². The molecule has 0 unspecified atom stereocenters. The number of hydrogen-bond acceptors (Lipinski definition) is 3. The predicted octanol–water partition coefficient (Wildman–Crippen LogP) is 0.626. The van der Waals surface area contributed by atoms with E-state index < -0.39 is 27.9 Å². The zero-order chi connectivity index (χ0) is 13.8. The minimum Gasteiger partial charge on any atom is -0.373 e. The molecule has 0 atom stereocenters. The quantitative estimate of drug-likeness (QED) is 0.639. The van der Waals surface area contributed by atoms with Crippen molar-refractivity contribution < 1.29 is 23.4 Å². The first kappa shape index (κ1) is 13.8. The second kappa shape index (κ2) is 6.03. The van der Waals surface area contributed by atoms with Crippen LogP contribution in [0.3, 0.4) is 0 Å². The highest BCUT2D eigenvalue weighted by atomic mass is 28.2. The lowest BCUT2D eigenvalue weighted by molar-refractivity contribution is -0.179. The second-order valence-electron chi connectivity index (χ2n) is 3.99. The van der Waals surface area contributed by atoms with Gasteiger partial charge in [0.15, 0.2) is 9.76 Å². The van der Waals surface area contributed by atoms with Gasteiger partial charge in [-0.2, -0.15) is 0 Å². The van der Waals surface area contributed by atoms with Gasteiger partial charge in [0.25, 0.3) is 6.48 Å². The third kappa shape index (κ3) is 3.93. The van der Waals surface area contributed by atoms with E-state index in [1.807, 2.05) is 0 Å². The molecule has 0 amide bonds. The summed E-state index contributed by atoms with van der Waals surface area (Å²) in [5, 5.41) is 18.0. The predicted molar refractivity (Wildman–Crippen MR) is 69.3 cm³/mol. The fourth-order valence-electron chi connectivity index (χ4n) is 1.68. The lowest BCUT2D eigenvalue weighted by atomic mass is 10.1. The zero-order valence-corrected chi connectivity index (χ0v) is 11.3. The summed E-state index contributed by atoms with van der Waals surface area (Å²) in [6.45, 7) is -1.76. The summed E-state index contributed by atoms with van der Waals surface area (Å²) in [5.41, 5.74) is 1.13. The van der Waals surface area contributed by atoms with Gasteiger partial charge in [-0.25, -0.2) is 8.78 Å². The van der Waals surface area contributed by atoms with E-state index in [1.165, 1.54) is 12.1 Å². The molecule has 0 aromatic heterocycles. The first-order valence-electron chi connectivity index (χ1n) is 5.58. The van der Waals surface area contributed by atoms with Crippen LogP contribution in [0.15, 0.2) is 42.5 Å². The van der Waals surface area contributed by atoms with Crippen LogP contribution in [-0.4, -0.2) is 26.5 Å². The van der Waals surface area contributed by atoms with Crippen molar-refractivity contribution in [3.63, 3.8) is 0 Å². The molecule has 0 heterocycles. The Hall–Kier alpha value is -1.60. The fraction of sp³-hybridized carbons (Fsp3) is 0.0769. The summed E-state index contributed by atoms with van der Waals surface area (Å²) < 4.78 is 30.9. The highest BCUT2D eigenvalue weighted by molar-refractivity contribution is 6.46. The Bertz CT molecular complexity index is 538. The van der Waals surface area contributed by atoms with E-state index in [0.29, 0.717) is 11.1 Å². The van der Waals surface area contributed by atoms with Crippen LogP contribution in [0, 0.1) is 11.6 Å². The highest BCUT2D eigenvalue weighted by Crippen LogP contribution is 2.20. The minimum atomic E-state index is -1.76. The van der Waals surface area contributed by atoms with E-state index in [2.05, 4.69) is 0 Å². The van der Waals surface area contributed by atoms with Crippen molar-refractivity contribution >= 4 is 14.9 Å². The minimum absolute atomic E-state index is 0.453. The van der Waals surface area contributed by atoms with E-state index in [-0.39, 0.29) is 0 Å². The molecule has 100 valence electrons. The van der Waals surface area contributed by atoms with Crippen LogP contribution in [0.4, 0.5) is 8.78 Å². The maximum Gasteiger partial charge on any atom is 0.256 e. The molecule has 19 heavy (non-hydrogen) atoms. The van der Waals surface area contributed by atoms with Gasteiger partial charge in [-0.1, -0.05) is 24.3 Å². The van der Waals surface area contributed by atoms with Gasteiger partial charge < -0.3 is 14.6 Å². The molecule has 0 saturated carbocycles. The number of halogens is 2. The van der Waals surface area contributed by atoms with Gasteiger partial charge >= 0.3 is 0 Å².